The van der Waals surface area contributed by atoms with Crippen LogP contribution in [0.25, 0.3) is 0 Å². The molecule has 1 aromatic carbocycles. The first-order chi connectivity index (χ1) is 9.75. The predicted molar refractivity (Wildman–Crippen MR) is 78.5 cm³/mol. The van der Waals surface area contributed by atoms with E-state index in [0.717, 1.165) is 11.3 Å². The number of nitrogens with zero attached hydrogens (tertiary/aromatic N) is 2. The fourth-order valence-corrected chi connectivity index (χ4v) is 2.90. The number of aromatic nitrogens is 1. The quantitative estimate of drug-likeness (QED) is 0.813. The van der Waals surface area contributed by atoms with Crippen molar-refractivity contribution in [3.63, 3.8) is 0 Å². The topological polar surface area (TPSA) is 33.2 Å². The van der Waals surface area contributed by atoms with E-state index in [1.807, 2.05) is 53.4 Å². The summed E-state index contributed by atoms with van der Waals surface area (Å²) in [5, 5.41) is -0.113. The van der Waals surface area contributed by atoms with Gasteiger partial charge in [0.05, 0.1) is 17.1 Å². The molecule has 3 rings (SSSR count). The van der Waals surface area contributed by atoms with Crippen molar-refractivity contribution in [3.05, 3.63) is 66.0 Å². The van der Waals surface area contributed by atoms with Gasteiger partial charge in [0, 0.05) is 19.2 Å². The normalized spacial score (nSPS) is 20.1. The second-order valence-electron chi connectivity index (χ2n) is 4.92. The molecule has 2 atom stereocenters. The van der Waals surface area contributed by atoms with Gasteiger partial charge in [-0.25, -0.2) is 0 Å². The smallest absolute Gasteiger partial charge is 0.225 e. The standard InChI is InChI=1S/C16H15ClN2O/c17-13-10-15(20)19(11-13)16(12-6-2-1-3-7-12)14-8-4-5-9-18-14/h1-9,13,16H,10-11H2. The molecule has 1 saturated heterocycles. The van der Waals surface area contributed by atoms with Gasteiger partial charge in [0.1, 0.15) is 0 Å². The van der Waals surface area contributed by atoms with Crippen LogP contribution in [0.1, 0.15) is 23.7 Å². The number of halogens is 1. The van der Waals surface area contributed by atoms with Crippen LogP contribution in [0, 0.1) is 0 Å². The van der Waals surface area contributed by atoms with Crippen LogP contribution in [-0.4, -0.2) is 27.7 Å². The Morgan fingerprint density at radius 2 is 1.90 bits per heavy atom. The fraction of sp³-hybridized carbons (Fsp3) is 0.250. The van der Waals surface area contributed by atoms with Crippen molar-refractivity contribution in [1.29, 1.82) is 0 Å². The number of carbonyl (C=O) groups is 1. The third kappa shape index (κ3) is 2.54. The summed E-state index contributed by atoms with van der Waals surface area (Å²) in [4.78, 5) is 18.4. The summed E-state index contributed by atoms with van der Waals surface area (Å²) in [7, 11) is 0. The lowest BCUT2D eigenvalue weighted by Crippen LogP contribution is -2.31. The molecule has 2 heterocycles. The third-order valence-electron chi connectivity index (χ3n) is 3.51. The Hall–Kier alpha value is -1.87. The lowest BCUT2D eigenvalue weighted by Gasteiger charge is -2.28. The lowest BCUT2D eigenvalue weighted by atomic mass is 10.0. The minimum absolute atomic E-state index is 0.0875. The molecule has 1 aliphatic rings. The number of benzene rings is 1. The van der Waals surface area contributed by atoms with Gasteiger partial charge in [0.15, 0.2) is 0 Å². The van der Waals surface area contributed by atoms with Crippen LogP contribution in [0.4, 0.5) is 0 Å². The molecule has 102 valence electrons. The summed E-state index contributed by atoms with van der Waals surface area (Å²) in [6, 6.07) is 15.6. The Morgan fingerprint density at radius 3 is 2.50 bits per heavy atom. The molecule has 20 heavy (non-hydrogen) atoms. The number of amides is 1. The van der Waals surface area contributed by atoms with Gasteiger partial charge in [0.2, 0.25) is 5.91 Å². The summed E-state index contributed by atoms with van der Waals surface area (Å²) in [5.41, 5.74) is 1.93. The molecule has 3 nitrogen and oxygen atoms in total. The molecule has 0 bridgehead atoms. The van der Waals surface area contributed by atoms with E-state index in [4.69, 9.17) is 11.6 Å². The Labute approximate surface area is 123 Å². The van der Waals surface area contributed by atoms with Gasteiger partial charge in [-0.2, -0.15) is 0 Å². The van der Waals surface area contributed by atoms with Gasteiger partial charge in [-0.05, 0) is 17.7 Å². The lowest BCUT2D eigenvalue weighted by molar-refractivity contribution is -0.129. The largest absolute Gasteiger partial charge is 0.328 e. The highest BCUT2D eigenvalue weighted by Crippen LogP contribution is 2.32. The van der Waals surface area contributed by atoms with Gasteiger partial charge < -0.3 is 4.90 Å². The predicted octanol–water partition coefficient (Wildman–Crippen LogP) is 3.01. The van der Waals surface area contributed by atoms with Crippen molar-refractivity contribution < 1.29 is 4.79 Å². The van der Waals surface area contributed by atoms with Crippen molar-refractivity contribution in [1.82, 2.24) is 9.88 Å². The van der Waals surface area contributed by atoms with Gasteiger partial charge in [-0.15, -0.1) is 11.6 Å². The number of rotatable bonds is 3. The highest BCUT2D eigenvalue weighted by atomic mass is 35.5. The van der Waals surface area contributed by atoms with E-state index in [1.165, 1.54) is 0 Å². The van der Waals surface area contributed by atoms with E-state index >= 15 is 0 Å². The molecule has 0 saturated carbocycles. The molecule has 1 fully saturated rings. The van der Waals surface area contributed by atoms with Crippen LogP contribution >= 0.6 is 11.6 Å². The van der Waals surface area contributed by atoms with Gasteiger partial charge in [0.25, 0.3) is 0 Å². The van der Waals surface area contributed by atoms with Gasteiger partial charge >= 0.3 is 0 Å². The number of hydrogen-bond acceptors (Lipinski definition) is 2. The van der Waals surface area contributed by atoms with Crippen molar-refractivity contribution in [3.8, 4) is 0 Å². The molecule has 4 heteroatoms. The zero-order valence-corrected chi connectivity index (χ0v) is 11.7. The van der Waals surface area contributed by atoms with Crippen LogP contribution in [0.2, 0.25) is 0 Å². The average Bonchev–Trinajstić information content (AvgIpc) is 2.80. The molecule has 2 unspecified atom stereocenters. The summed E-state index contributed by atoms with van der Waals surface area (Å²) in [6.45, 7) is 0.566. The molecule has 0 aliphatic carbocycles. The molecule has 0 spiro atoms. The highest BCUT2D eigenvalue weighted by molar-refractivity contribution is 6.22. The maximum atomic E-state index is 12.2. The van der Waals surface area contributed by atoms with E-state index in [2.05, 4.69) is 4.98 Å². The zero-order valence-electron chi connectivity index (χ0n) is 10.9. The second kappa shape index (κ2) is 5.63. The Balaban J connectivity index is 2.03. The van der Waals surface area contributed by atoms with E-state index in [-0.39, 0.29) is 17.3 Å². The zero-order chi connectivity index (χ0) is 13.9. The van der Waals surface area contributed by atoms with E-state index in [9.17, 15) is 4.79 Å². The summed E-state index contributed by atoms with van der Waals surface area (Å²) >= 11 is 6.14. The van der Waals surface area contributed by atoms with Crippen LogP contribution in [0.15, 0.2) is 54.7 Å². The van der Waals surface area contributed by atoms with Crippen molar-refractivity contribution >= 4 is 17.5 Å². The van der Waals surface area contributed by atoms with Crippen molar-refractivity contribution in [2.24, 2.45) is 0 Å². The minimum atomic E-state index is -0.159. The Bertz CT molecular complexity index is 548. The van der Waals surface area contributed by atoms with Crippen LogP contribution in [0.5, 0.6) is 0 Å². The van der Waals surface area contributed by atoms with Gasteiger partial charge in [-0.1, -0.05) is 36.4 Å². The summed E-state index contributed by atoms with van der Waals surface area (Å²) in [5.74, 6) is 0.0875. The van der Waals surface area contributed by atoms with E-state index in [1.54, 1.807) is 6.20 Å². The van der Waals surface area contributed by atoms with Crippen molar-refractivity contribution in [2.75, 3.05) is 6.54 Å². The summed E-state index contributed by atoms with van der Waals surface area (Å²) in [6.07, 6.45) is 2.15. The molecule has 1 amide bonds. The van der Waals surface area contributed by atoms with E-state index < -0.39 is 0 Å². The molecule has 0 N–H and O–H groups in total. The Kier molecular flexibility index (Phi) is 3.70. The summed E-state index contributed by atoms with van der Waals surface area (Å²) < 4.78 is 0. The molecular formula is C16H15ClN2O. The van der Waals surface area contributed by atoms with Crippen LogP contribution in [0.3, 0.4) is 0 Å². The van der Waals surface area contributed by atoms with Crippen LogP contribution in [-0.2, 0) is 4.79 Å². The number of alkyl halides is 1. The first-order valence-corrected chi connectivity index (χ1v) is 7.09. The van der Waals surface area contributed by atoms with Crippen molar-refractivity contribution in [2.45, 2.75) is 17.8 Å². The van der Waals surface area contributed by atoms with E-state index in [0.29, 0.717) is 13.0 Å². The van der Waals surface area contributed by atoms with Crippen LogP contribution < -0.4 is 0 Å². The highest BCUT2D eigenvalue weighted by Gasteiger charge is 2.35. The molecule has 2 aromatic rings. The number of pyridine rings is 1. The number of hydrogen-bond donors (Lipinski definition) is 0. The number of likely N-dealkylation sites (tertiary alicyclic amines) is 1. The van der Waals surface area contributed by atoms with Gasteiger partial charge in [-0.3, -0.25) is 9.78 Å². The third-order valence-corrected chi connectivity index (χ3v) is 3.80. The second-order valence-corrected chi connectivity index (χ2v) is 5.53. The molecular weight excluding hydrogens is 272 g/mol. The molecule has 1 aromatic heterocycles. The Morgan fingerprint density at radius 1 is 1.15 bits per heavy atom. The minimum Gasteiger partial charge on any atom is -0.328 e. The fourth-order valence-electron chi connectivity index (χ4n) is 2.62. The first-order valence-electron chi connectivity index (χ1n) is 6.65. The first kappa shape index (κ1) is 13.1. The monoisotopic (exact) mass is 286 g/mol. The average molecular weight is 287 g/mol. The maximum Gasteiger partial charge on any atom is 0.225 e. The maximum absolute atomic E-state index is 12.2. The molecule has 1 aliphatic heterocycles. The number of carbonyl (C=O) groups excluding carboxylic acids is 1. The molecule has 0 radical (unpaired) electrons. The SMILES string of the molecule is O=C1CC(Cl)CN1C(c1ccccc1)c1ccccn1.